The third-order valence-corrected chi connectivity index (χ3v) is 35.0. The van der Waals surface area contributed by atoms with Crippen molar-refractivity contribution in [2.24, 2.45) is 0 Å². The van der Waals surface area contributed by atoms with E-state index in [0.717, 1.165) is 202 Å². The Labute approximate surface area is 694 Å². The molecule has 0 saturated heterocycles. The fraction of sp³-hybridized carbons (Fsp3) is 0. The van der Waals surface area contributed by atoms with Gasteiger partial charge in [-0.25, -0.2) is 0 Å². The quantitative estimate of drug-likeness (QED) is 0.122. The van der Waals surface area contributed by atoms with Crippen LogP contribution in [0.1, 0.15) is 0 Å². The molecule has 3 aliphatic heterocycles. The van der Waals surface area contributed by atoms with Crippen molar-refractivity contribution in [2.75, 3.05) is 0 Å². The summed E-state index contributed by atoms with van der Waals surface area (Å²) in [6.07, 6.45) is 0. The van der Waals surface area contributed by atoms with Crippen LogP contribution in [0.15, 0.2) is 421 Å². The van der Waals surface area contributed by atoms with Gasteiger partial charge in [0.05, 0.1) is 44.2 Å². The fourth-order valence-electron chi connectivity index (χ4n) is 20.2. The normalized spacial score (nSPS) is 16.1. The third kappa shape index (κ3) is 10.1. The Hall–Kier alpha value is -14.6. The second-order valence-electron chi connectivity index (χ2n) is 31.9. The molecule has 3 aliphatic rings. The molecule has 568 valence electrons. The van der Waals surface area contributed by atoms with E-state index in [2.05, 4.69) is 256 Å². The summed E-state index contributed by atoms with van der Waals surface area (Å²) in [7, 11) is -9.07. The maximum Gasteiger partial charge on any atom is 0.172 e. The summed E-state index contributed by atoms with van der Waals surface area (Å²) >= 11 is 0. The molecule has 0 amide bonds. The number of aromatic nitrogens is 3. The van der Waals surface area contributed by atoms with Crippen molar-refractivity contribution in [2.45, 2.75) is 0 Å². The van der Waals surface area contributed by atoms with Crippen molar-refractivity contribution < 1.29 is 22.5 Å². The zero-order chi connectivity index (χ0) is 80.0. The summed E-state index contributed by atoms with van der Waals surface area (Å²) in [4.78, 5) is 0. The van der Waals surface area contributed by atoms with Gasteiger partial charge in [0.2, 0.25) is 0 Å². The van der Waals surface area contributed by atoms with Crippen molar-refractivity contribution in [1.29, 1.82) is 0 Å². The summed E-state index contributed by atoms with van der Waals surface area (Å²) in [5, 5.41) is 24.3. The van der Waals surface area contributed by atoms with Crippen LogP contribution in [0.5, 0.6) is 0 Å². The Bertz CT molecular complexity index is 8730. The Kier molecular flexibility index (Phi) is 15.2. The highest BCUT2D eigenvalue weighted by molar-refractivity contribution is 7.87. The van der Waals surface area contributed by atoms with Crippen LogP contribution in [0.4, 0.5) is 0 Å². The monoisotopic (exact) mass is 1600 g/mol. The maximum atomic E-state index is 15.2. The van der Waals surface area contributed by atoms with Gasteiger partial charge in [0.25, 0.3) is 0 Å². The highest BCUT2D eigenvalue weighted by Gasteiger charge is 2.44. The van der Waals surface area contributed by atoms with E-state index in [1.807, 2.05) is 170 Å². The average molecular weight is 1600 g/mol. The first kappa shape index (κ1) is 69.5. The van der Waals surface area contributed by atoms with Crippen LogP contribution < -0.4 is 47.7 Å². The molecule has 3 unspecified atom stereocenters. The molecule has 5 aromatic heterocycles. The second-order valence-corrected chi connectivity index (χ2v) is 40.0. The number of hydrogen-bond acceptors (Lipinski definition) is 5. The van der Waals surface area contributed by atoms with Gasteiger partial charge in [-0.05, 0) is 176 Å². The van der Waals surface area contributed by atoms with Gasteiger partial charge in [0, 0.05) is 108 Å². The molecule has 0 radical (unpaired) electrons. The first-order chi connectivity index (χ1) is 59.6. The lowest BCUT2D eigenvalue weighted by molar-refractivity contribution is 0.592. The highest BCUT2D eigenvalue weighted by atomic mass is 31.2. The van der Waals surface area contributed by atoms with Crippen LogP contribution in [0, 0.1) is 0 Å². The van der Waals surface area contributed by atoms with Crippen LogP contribution in [-0.4, -0.2) is 13.7 Å². The fourth-order valence-corrected chi connectivity index (χ4v) is 29.4. The van der Waals surface area contributed by atoms with E-state index in [0.29, 0.717) is 0 Å². The van der Waals surface area contributed by atoms with Gasteiger partial charge in [-0.15, -0.1) is 0 Å². The molecule has 0 aliphatic carbocycles. The van der Waals surface area contributed by atoms with Gasteiger partial charge in [-0.3, -0.25) is 0 Å². The van der Waals surface area contributed by atoms with Crippen LogP contribution in [0.2, 0.25) is 0 Å². The SMILES string of the molecule is O=P1(c2ccccc2)c2ccccc2-c2cc3c(cc21)c1ccccc1n3-c1ccc2cc3ccccc3cc2c1.O=P1(c2ccccc2)c2ccccc2-c2cc3c(cc21)c1ccccc1n3-c1ccc2oc3ccccc3c2c1.O=P1(c2ccccc2)c2ccccc2-c2cc3c(cc21)c1ccccc1n3-c1cccc2oc3ccccc3c12. The topological polar surface area (TPSA) is 92.3 Å². The molecule has 121 heavy (non-hydrogen) atoms. The minimum atomic E-state index is -3.03. The third-order valence-electron chi connectivity index (χ3n) is 25.5. The number of rotatable bonds is 6. The van der Waals surface area contributed by atoms with Gasteiger partial charge < -0.3 is 36.2 Å². The van der Waals surface area contributed by atoms with Gasteiger partial charge >= 0.3 is 0 Å². The van der Waals surface area contributed by atoms with Crippen LogP contribution in [0.3, 0.4) is 0 Å². The van der Waals surface area contributed by atoms with Crippen molar-refractivity contribution in [3.63, 3.8) is 0 Å². The number of nitrogens with zero attached hydrogens (tertiary/aromatic N) is 3. The second kappa shape index (κ2) is 26.4. The summed E-state index contributed by atoms with van der Waals surface area (Å²) in [5.74, 6) is 0. The first-order valence-corrected chi connectivity index (χ1v) is 46.0. The molecule has 3 atom stereocenters. The molecule has 0 spiro atoms. The van der Waals surface area contributed by atoms with Gasteiger partial charge in [0.15, 0.2) is 21.4 Å². The molecule has 0 fully saturated rings. The van der Waals surface area contributed by atoms with Crippen molar-refractivity contribution in [3.05, 3.63) is 413 Å². The Morgan fingerprint density at radius 3 is 1.03 bits per heavy atom. The molecule has 8 nitrogen and oxygen atoms in total. The molecule has 24 aromatic rings. The van der Waals surface area contributed by atoms with Crippen molar-refractivity contribution in [3.8, 4) is 50.4 Å². The zero-order valence-corrected chi connectivity index (χ0v) is 67.7. The van der Waals surface area contributed by atoms with E-state index in [9.17, 15) is 0 Å². The van der Waals surface area contributed by atoms with Crippen LogP contribution in [-0.2, 0) is 13.7 Å². The standard InChI is InChI=1S/C38H24NOP.2C36H22NO2P/c40-41(30-12-2-1-3-13-30)37-17-9-7-15-32(37)34-23-36-33(24-38(34)41)31-14-6-8-16-35(31)39(36)29-19-18-27-20-25-10-4-5-11-26(25)21-28(27)22-29;38-40(23-11-2-1-3-12-23)34-20-9-6-14-25(34)28-21-31-27(22-35(28)40)24-13-4-7-16-29(24)37(31)30-17-10-19-33-36(30)26-15-5-8-18-32(26)39-33;38-40(24-10-2-1-3-11-24)35-17-9-6-14-27(35)30-21-32-28(22-36(30)40)25-12-4-7-15-31(25)37(32)23-18-19-34-29(20-23)26-13-5-8-16-33(26)39-34/h1-24H;2*1-22H. The molecule has 8 heterocycles. The lowest BCUT2D eigenvalue weighted by Gasteiger charge is -2.16. The van der Waals surface area contributed by atoms with E-state index in [-0.39, 0.29) is 0 Å². The Morgan fingerprint density at radius 2 is 0.537 bits per heavy atom. The molecule has 27 rings (SSSR count). The lowest BCUT2D eigenvalue weighted by atomic mass is 10.0. The summed E-state index contributed by atoms with van der Waals surface area (Å²) in [6, 6.07) is 142. The van der Waals surface area contributed by atoms with Gasteiger partial charge in [0.1, 0.15) is 22.3 Å². The Balaban J connectivity index is 0.000000100. The van der Waals surface area contributed by atoms with E-state index in [4.69, 9.17) is 8.83 Å². The summed E-state index contributed by atoms with van der Waals surface area (Å²) < 4.78 is 64.9. The predicted molar refractivity (Wildman–Crippen MR) is 507 cm³/mol. The molecular formula is C110H68N3O5P3. The maximum absolute atomic E-state index is 15.2. The minimum Gasteiger partial charge on any atom is -0.456 e. The van der Waals surface area contributed by atoms with E-state index in [1.54, 1.807) is 0 Å². The molecule has 0 N–H and O–H groups in total. The van der Waals surface area contributed by atoms with Crippen molar-refractivity contribution in [1.82, 2.24) is 13.7 Å². The number of hydrogen-bond donors (Lipinski definition) is 0. The number of furan rings is 2. The average Bonchev–Trinajstić information content (AvgIpc) is 1.55. The van der Waals surface area contributed by atoms with Gasteiger partial charge in [-0.1, -0.05) is 291 Å². The van der Waals surface area contributed by atoms with E-state index >= 15 is 13.7 Å². The zero-order valence-electron chi connectivity index (χ0n) is 65.0. The molecule has 19 aromatic carbocycles. The molecule has 11 heteroatoms. The predicted octanol–water partition coefficient (Wildman–Crippen LogP) is 25.3. The lowest BCUT2D eigenvalue weighted by Crippen LogP contribution is -2.20. The number of para-hydroxylation sites is 5. The largest absolute Gasteiger partial charge is 0.456 e. The van der Waals surface area contributed by atoms with Crippen LogP contribution in [0.25, 0.3) is 181 Å². The minimum absolute atomic E-state index is 0.865. The summed E-state index contributed by atoms with van der Waals surface area (Å²) in [5.41, 5.74) is 19.8. The van der Waals surface area contributed by atoms with Crippen LogP contribution >= 0.6 is 21.4 Å². The highest BCUT2D eigenvalue weighted by Crippen LogP contribution is 2.58. The molecular weight excluding hydrogens is 1540 g/mol. The Morgan fingerprint density at radius 1 is 0.190 bits per heavy atom. The first-order valence-electron chi connectivity index (χ1n) is 40.9. The molecule has 0 bridgehead atoms. The van der Waals surface area contributed by atoms with Gasteiger partial charge in [-0.2, -0.15) is 0 Å². The smallest absolute Gasteiger partial charge is 0.172 e. The number of benzene rings is 19. The van der Waals surface area contributed by atoms with Crippen molar-refractivity contribution >= 4 is 200 Å². The number of fused-ring (bicyclic) bond motifs is 26. The molecule has 0 saturated carbocycles. The summed E-state index contributed by atoms with van der Waals surface area (Å²) in [6.45, 7) is 0. The van der Waals surface area contributed by atoms with E-state index in [1.165, 1.54) is 26.9 Å². The van der Waals surface area contributed by atoms with E-state index < -0.39 is 21.4 Å².